The van der Waals surface area contributed by atoms with Gasteiger partial charge in [-0.05, 0) is 36.6 Å². The highest BCUT2D eigenvalue weighted by Crippen LogP contribution is 2.38. The summed E-state index contributed by atoms with van der Waals surface area (Å²) >= 11 is 18.8. The molecule has 2 aliphatic heterocycles. The second kappa shape index (κ2) is 11.4. The van der Waals surface area contributed by atoms with E-state index in [1.165, 1.54) is 10.2 Å². The summed E-state index contributed by atoms with van der Waals surface area (Å²) in [6, 6.07) is 15.5. The minimum atomic E-state index is -1.23. The Labute approximate surface area is 253 Å². The van der Waals surface area contributed by atoms with E-state index in [-0.39, 0.29) is 17.7 Å². The lowest BCUT2D eigenvalue weighted by atomic mass is 9.86. The molecular formula is C29H30Cl3N7O2. The van der Waals surface area contributed by atoms with Crippen molar-refractivity contribution in [3.63, 3.8) is 0 Å². The Hall–Kier alpha value is -2.95. The van der Waals surface area contributed by atoms with Gasteiger partial charge in [0.2, 0.25) is 5.91 Å². The Morgan fingerprint density at radius 2 is 1.76 bits per heavy atom. The van der Waals surface area contributed by atoms with E-state index in [2.05, 4.69) is 32.4 Å². The van der Waals surface area contributed by atoms with Gasteiger partial charge in [-0.3, -0.25) is 14.4 Å². The van der Waals surface area contributed by atoms with E-state index in [9.17, 15) is 9.90 Å². The van der Waals surface area contributed by atoms with Crippen LogP contribution in [0.15, 0.2) is 60.9 Å². The van der Waals surface area contributed by atoms with Crippen molar-refractivity contribution < 1.29 is 9.90 Å². The van der Waals surface area contributed by atoms with E-state index in [0.717, 1.165) is 18.8 Å². The van der Waals surface area contributed by atoms with Crippen LogP contribution < -0.4 is 0 Å². The molecule has 41 heavy (non-hydrogen) atoms. The summed E-state index contributed by atoms with van der Waals surface area (Å²) in [5, 5.41) is 25.6. The minimum absolute atomic E-state index is 0.00185. The monoisotopic (exact) mass is 613 g/mol. The number of carbonyl (C=O) groups is 1. The molecule has 9 nitrogen and oxygen atoms in total. The lowest BCUT2D eigenvalue weighted by molar-refractivity contribution is -0.140. The van der Waals surface area contributed by atoms with Gasteiger partial charge < -0.3 is 10.0 Å². The van der Waals surface area contributed by atoms with Gasteiger partial charge >= 0.3 is 0 Å². The summed E-state index contributed by atoms with van der Waals surface area (Å²) in [5.74, 6) is -0.112. The van der Waals surface area contributed by atoms with Gasteiger partial charge in [0.1, 0.15) is 17.0 Å². The number of hydrogen-bond acceptors (Lipinski definition) is 6. The third-order valence-electron chi connectivity index (χ3n) is 8.16. The molecule has 2 aliphatic rings. The van der Waals surface area contributed by atoms with Gasteiger partial charge in [0.05, 0.1) is 27.9 Å². The molecule has 0 radical (unpaired) electrons. The largest absolute Gasteiger partial charge is 0.383 e. The van der Waals surface area contributed by atoms with Crippen LogP contribution in [0.2, 0.25) is 15.1 Å². The molecule has 0 saturated carbocycles. The quantitative estimate of drug-likeness (QED) is 0.339. The van der Waals surface area contributed by atoms with Crippen molar-refractivity contribution in [3.05, 3.63) is 92.9 Å². The third kappa shape index (κ3) is 5.74. The van der Waals surface area contributed by atoms with Crippen molar-refractivity contribution in [2.24, 2.45) is 13.0 Å². The average Bonchev–Trinajstić information content (AvgIpc) is 3.69. The van der Waals surface area contributed by atoms with Gasteiger partial charge in [-0.1, -0.05) is 70.3 Å². The Morgan fingerprint density at radius 1 is 1.05 bits per heavy atom. The van der Waals surface area contributed by atoms with Crippen LogP contribution in [0.4, 0.5) is 0 Å². The number of halogens is 3. The maximum atomic E-state index is 13.9. The molecule has 0 spiro atoms. The van der Waals surface area contributed by atoms with Crippen LogP contribution >= 0.6 is 34.8 Å². The highest BCUT2D eigenvalue weighted by atomic mass is 35.5. The van der Waals surface area contributed by atoms with Crippen LogP contribution in [-0.2, 0) is 24.0 Å². The summed E-state index contributed by atoms with van der Waals surface area (Å²) in [5.41, 5.74) is 1.78. The fourth-order valence-corrected chi connectivity index (χ4v) is 6.95. The molecule has 2 saturated heterocycles. The van der Waals surface area contributed by atoms with Crippen LogP contribution in [-0.4, -0.2) is 71.8 Å². The molecule has 1 amide bonds. The number of nitrogens with zero attached hydrogens (tertiary/aromatic N) is 7. The van der Waals surface area contributed by atoms with Gasteiger partial charge in [-0.15, -0.1) is 5.10 Å². The average molecular weight is 615 g/mol. The zero-order chi connectivity index (χ0) is 28.7. The van der Waals surface area contributed by atoms with Gasteiger partial charge in [0.15, 0.2) is 0 Å². The molecule has 0 bridgehead atoms. The maximum Gasteiger partial charge on any atom is 0.227 e. The standard InChI is InChI=1S/C29H30Cl3N7O2/c1-36-10-7-25(34-36)21-16-37(15-19-5-3-2-4-6-19)17-22(21)28(40)38-11-8-29(41,9-12-38)26-18-39(35-33-26)27-23(31)13-20(30)14-24(27)32/h2-7,10,13-14,18,21-22,41H,8-9,11-12,15-17H2,1H3. The van der Waals surface area contributed by atoms with Crippen molar-refractivity contribution in [1.82, 2.24) is 34.6 Å². The Morgan fingerprint density at radius 3 is 2.41 bits per heavy atom. The van der Waals surface area contributed by atoms with Crippen LogP contribution in [0.25, 0.3) is 5.69 Å². The van der Waals surface area contributed by atoms with Crippen molar-refractivity contribution in [3.8, 4) is 5.69 Å². The predicted molar refractivity (Wildman–Crippen MR) is 157 cm³/mol. The van der Waals surface area contributed by atoms with E-state index in [4.69, 9.17) is 34.8 Å². The Kier molecular flexibility index (Phi) is 7.82. The lowest BCUT2D eigenvalue weighted by Gasteiger charge is -2.38. The summed E-state index contributed by atoms with van der Waals surface area (Å²) in [6.45, 7) is 3.03. The van der Waals surface area contributed by atoms with Gasteiger partial charge in [0, 0.05) is 56.9 Å². The second-order valence-electron chi connectivity index (χ2n) is 10.9. The molecular weight excluding hydrogens is 585 g/mol. The number of aliphatic hydroxyl groups is 1. The topological polar surface area (TPSA) is 92.3 Å². The molecule has 1 N–H and O–H groups in total. The first-order valence-corrected chi connectivity index (χ1v) is 14.7. The summed E-state index contributed by atoms with van der Waals surface area (Å²) in [6.07, 6.45) is 4.24. The smallest absolute Gasteiger partial charge is 0.227 e. The van der Waals surface area contributed by atoms with E-state index in [1.54, 1.807) is 23.0 Å². The van der Waals surface area contributed by atoms with Crippen LogP contribution in [0.1, 0.15) is 35.7 Å². The second-order valence-corrected chi connectivity index (χ2v) is 12.2. The number of aromatic nitrogens is 5. The van der Waals surface area contributed by atoms with Crippen molar-refractivity contribution >= 4 is 40.7 Å². The van der Waals surface area contributed by atoms with E-state index in [0.29, 0.717) is 58.9 Å². The number of rotatable bonds is 6. The highest BCUT2D eigenvalue weighted by molar-refractivity contribution is 6.40. The molecule has 2 aromatic heterocycles. The van der Waals surface area contributed by atoms with E-state index in [1.807, 2.05) is 42.4 Å². The Balaban J connectivity index is 1.16. The molecule has 4 aromatic rings. The number of amides is 1. The molecule has 2 aromatic carbocycles. The SMILES string of the molecule is Cn1ccc(C2CN(Cc3ccccc3)CC2C(=O)N2CCC(O)(c3cn(-c4c(Cl)cc(Cl)cc4Cl)nn3)CC2)n1. The zero-order valence-corrected chi connectivity index (χ0v) is 24.8. The molecule has 214 valence electrons. The third-order valence-corrected chi connectivity index (χ3v) is 8.95. The molecule has 2 fully saturated rings. The fourth-order valence-electron chi connectivity index (χ4n) is 5.96. The number of carbonyl (C=O) groups excluding carboxylic acids is 1. The predicted octanol–water partition coefficient (Wildman–Crippen LogP) is 4.69. The number of hydrogen-bond donors (Lipinski definition) is 1. The molecule has 4 heterocycles. The van der Waals surface area contributed by atoms with Crippen LogP contribution in [0.3, 0.4) is 0 Å². The van der Waals surface area contributed by atoms with Crippen molar-refractivity contribution in [2.75, 3.05) is 26.2 Å². The molecule has 6 rings (SSSR count). The highest BCUT2D eigenvalue weighted by Gasteiger charge is 2.44. The Bertz CT molecular complexity index is 1530. The summed E-state index contributed by atoms with van der Waals surface area (Å²) in [4.78, 5) is 18.1. The van der Waals surface area contributed by atoms with Gasteiger partial charge in [-0.25, -0.2) is 4.68 Å². The first kappa shape index (κ1) is 28.2. The molecule has 2 atom stereocenters. The first-order chi connectivity index (χ1) is 19.7. The van der Waals surface area contributed by atoms with E-state index >= 15 is 0 Å². The van der Waals surface area contributed by atoms with Crippen LogP contribution in [0, 0.1) is 5.92 Å². The summed E-state index contributed by atoms with van der Waals surface area (Å²) in [7, 11) is 1.90. The van der Waals surface area contributed by atoms with Gasteiger partial charge in [-0.2, -0.15) is 5.10 Å². The van der Waals surface area contributed by atoms with Crippen molar-refractivity contribution in [1.29, 1.82) is 0 Å². The molecule has 12 heteroatoms. The zero-order valence-electron chi connectivity index (χ0n) is 22.5. The van der Waals surface area contributed by atoms with Crippen LogP contribution in [0.5, 0.6) is 0 Å². The van der Waals surface area contributed by atoms with Gasteiger partial charge in [0.25, 0.3) is 0 Å². The maximum absolute atomic E-state index is 13.9. The normalized spacial score (nSPS) is 21.0. The number of aryl methyl sites for hydroxylation is 1. The summed E-state index contributed by atoms with van der Waals surface area (Å²) < 4.78 is 3.23. The number of likely N-dealkylation sites (tertiary alicyclic amines) is 2. The molecule has 2 unspecified atom stereocenters. The first-order valence-electron chi connectivity index (χ1n) is 13.5. The fraction of sp³-hybridized carbons (Fsp3) is 0.379. The lowest BCUT2D eigenvalue weighted by Crippen LogP contribution is -2.48. The van der Waals surface area contributed by atoms with Crippen molar-refractivity contribution in [2.45, 2.75) is 30.9 Å². The number of benzene rings is 2. The minimum Gasteiger partial charge on any atom is -0.383 e. The van der Waals surface area contributed by atoms with E-state index < -0.39 is 5.60 Å². The molecule has 0 aliphatic carbocycles. The number of piperidine rings is 1.